The summed E-state index contributed by atoms with van der Waals surface area (Å²) in [6.45, 7) is 0. The Morgan fingerprint density at radius 2 is 1.50 bits per heavy atom. The molecule has 114 valence electrons. The third kappa shape index (κ3) is 2.97. The van der Waals surface area contributed by atoms with E-state index < -0.39 is 18.4 Å². The number of fused-ring (bicyclic) bond motifs is 1. The van der Waals surface area contributed by atoms with Crippen LogP contribution in [0, 0.1) is 0 Å². The van der Waals surface area contributed by atoms with Gasteiger partial charge in [-0.1, -0.05) is 0 Å². The number of hydrogen-bond acceptors (Lipinski definition) is 3. The van der Waals surface area contributed by atoms with Crippen molar-refractivity contribution in [3.8, 4) is 5.69 Å². The van der Waals surface area contributed by atoms with Crippen molar-refractivity contribution in [3.63, 3.8) is 0 Å². The van der Waals surface area contributed by atoms with Gasteiger partial charge in [0.25, 0.3) is 0 Å². The molecule has 3 aromatic rings. The second-order valence-electron chi connectivity index (χ2n) is 6.85. The van der Waals surface area contributed by atoms with E-state index in [1.807, 2.05) is 14.1 Å². The molecule has 0 aliphatic carbocycles. The van der Waals surface area contributed by atoms with Gasteiger partial charge in [0.1, 0.15) is 0 Å². The molecule has 0 bridgehead atoms. The number of anilines is 1. The van der Waals surface area contributed by atoms with Gasteiger partial charge >= 0.3 is 136 Å². The molecule has 1 heterocycles. The average Bonchev–Trinajstić information content (AvgIpc) is 2.89. The minimum atomic E-state index is -2.06. The number of aromatic nitrogens is 3. The molecule has 0 fully saturated rings. The first kappa shape index (κ1) is 15.3. The van der Waals surface area contributed by atoms with E-state index in [1.54, 1.807) is 4.80 Å². The molecule has 0 saturated carbocycles. The molecule has 4 nitrogen and oxygen atoms in total. The number of benzene rings is 2. The summed E-state index contributed by atoms with van der Waals surface area (Å²) < 4.78 is 1.48. The molecule has 0 amide bonds. The van der Waals surface area contributed by atoms with Crippen molar-refractivity contribution >= 4 is 38.7 Å². The van der Waals surface area contributed by atoms with Gasteiger partial charge in [-0.15, -0.1) is 0 Å². The zero-order chi connectivity index (χ0) is 15.9. The van der Waals surface area contributed by atoms with Crippen LogP contribution in [0.3, 0.4) is 0 Å². The quantitative estimate of drug-likeness (QED) is 0.633. The predicted molar refractivity (Wildman–Crippen MR) is 96.2 cm³/mol. The fourth-order valence-corrected chi connectivity index (χ4v) is 5.67. The molecule has 0 atom stereocenters. The van der Waals surface area contributed by atoms with E-state index in [0.717, 1.165) is 16.7 Å². The molecule has 5 heteroatoms. The molecule has 0 aliphatic rings. The average molecular weight is 401 g/mol. The van der Waals surface area contributed by atoms with E-state index in [4.69, 9.17) is 0 Å². The van der Waals surface area contributed by atoms with Gasteiger partial charge in [-0.05, 0) is 0 Å². The van der Waals surface area contributed by atoms with E-state index in [2.05, 4.69) is 72.4 Å². The zero-order valence-corrected chi connectivity index (χ0v) is 16.7. The van der Waals surface area contributed by atoms with Gasteiger partial charge in [-0.2, -0.15) is 0 Å². The summed E-state index contributed by atoms with van der Waals surface area (Å²) in [6, 6.07) is 14.8. The van der Waals surface area contributed by atoms with E-state index >= 15 is 0 Å². The molecular formula is C17H22N4Sn. The molecular weight excluding hydrogens is 379 g/mol. The molecule has 1 aromatic heterocycles. The maximum atomic E-state index is 4.66. The van der Waals surface area contributed by atoms with Crippen LogP contribution in [0.5, 0.6) is 0 Å². The van der Waals surface area contributed by atoms with Crippen LogP contribution in [0.15, 0.2) is 42.5 Å². The third-order valence-corrected chi connectivity index (χ3v) is 9.67. The maximum absolute atomic E-state index is 4.66. The van der Waals surface area contributed by atoms with E-state index in [9.17, 15) is 0 Å². The van der Waals surface area contributed by atoms with E-state index in [1.165, 1.54) is 9.27 Å². The van der Waals surface area contributed by atoms with Crippen molar-refractivity contribution < 1.29 is 0 Å². The fourth-order valence-electron chi connectivity index (χ4n) is 2.38. The first-order chi connectivity index (χ1) is 10.3. The van der Waals surface area contributed by atoms with Crippen LogP contribution >= 0.6 is 0 Å². The number of nitrogens with zero attached hydrogens (tertiary/aromatic N) is 4. The van der Waals surface area contributed by atoms with Crippen LogP contribution in [0.25, 0.3) is 16.7 Å². The van der Waals surface area contributed by atoms with Crippen LogP contribution in [0.1, 0.15) is 0 Å². The van der Waals surface area contributed by atoms with Crippen molar-refractivity contribution in [2.24, 2.45) is 0 Å². The van der Waals surface area contributed by atoms with Crippen LogP contribution < -0.4 is 8.48 Å². The van der Waals surface area contributed by atoms with Crippen molar-refractivity contribution in [3.05, 3.63) is 42.5 Å². The molecule has 0 aliphatic heterocycles. The van der Waals surface area contributed by atoms with Gasteiger partial charge in [0.15, 0.2) is 0 Å². The predicted octanol–water partition coefficient (Wildman–Crippen LogP) is 3.03. The molecule has 0 spiro atoms. The van der Waals surface area contributed by atoms with Gasteiger partial charge in [-0.25, -0.2) is 0 Å². The van der Waals surface area contributed by atoms with E-state index in [-0.39, 0.29) is 0 Å². The summed E-state index contributed by atoms with van der Waals surface area (Å²) in [5.74, 6) is 0. The van der Waals surface area contributed by atoms with Gasteiger partial charge in [0, 0.05) is 0 Å². The Bertz CT molecular complexity index is 798. The molecule has 22 heavy (non-hydrogen) atoms. The Balaban J connectivity index is 2.01. The molecule has 0 radical (unpaired) electrons. The van der Waals surface area contributed by atoms with E-state index in [0.29, 0.717) is 0 Å². The van der Waals surface area contributed by atoms with Gasteiger partial charge in [0.05, 0.1) is 0 Å². The minimum absolute atomic E-state index is 0.955. The number of rotatable bonds is 3. The summed E-state index contributed by atoms with van der Waals surface area (Å²) in [5.41, 5.74) is 4.10. The molecule has 0 unspecified atom stereocenters. The van der Waals surface area contributed by atoms with Crippen molar-refractivity contribution in [1.82, 2.24) is 15.0 Å². The van der Waals surface area contributed by atoms with Crippen molar-refractivity contribution in [1.29, 1.82) is 0 Å². The zero-order valence-electron chi connectivity index (χ0n) is 13.8. The molecule has 3 rings (SSSR count). The SMILES string of the molecule is CN(C)c1ccc(-n2nc3cc[c]([Sn]([CH3])([CH3])[CH3])cc3n2)cc1. The second kappa shape index (κ2) is 5.57. The Labute approximate surface area is 135 Å². The van der Waals surface area contributed by atoms with Crippen molar-refractivity contribution in [2.75, 3.05) is 19.0 Å². The Morgan fingerprint density at radius 1 is 0.864 bits per heavy atom. The van der Waals surface area contributed by atoms with Crippen LogP contribution in [-0.4, -0.2) is 47.5 Å². The van der Waals surface area contributed by atoms with Gasteiger partial charge in [0.2, 0.25) is 0 Å². The summed E-state index contributed by atoms with van der Waals surface area (Å²) in [4.78, 5) is 11.1. The summed E-state index contributed by atoms with van der Waals surface area (Å²) >= 11 is -2.06. The van der Waals surface area contributed by atoms with Crippen molar-refractivity contribution in [2.45, 2.75) is 14.8 Å². The summed E-state index contributed by atoms with van der Waals surface area (Å²) in [5, 5.41) is 9.25. The first-order valence-corrected chi connectivity index (χ1v) is 17.5. The van der Waals surface area contributed by atoms with Gasteiger partial charge in [-0.3, -0.25) is 0 Å². The van der Waals surface area contributed by atoms with Crippen LogP contribution in [-0.2, 0) is 0 Å². The van der Waals surface area contributed by atoms with Gasteiger partial charge < -0.3 is 0 Å². The fraction of sp³-hybridized carbons (Fsp3) is 0.294. The normalized spacial score (nSPS) is 11.9. The summed E-state index contributed by atoms with van der Waals surface area (Å²) in [7, 11) is 4.07. The first-order valence-electron chi connectivity index (χ1n) is 7.50. The molecule has 0 saturated heterocycles. The Kier molecular flexibility index (Phi) is 3.89. The Hall–Kier alpha value is -1.56. The number of hydrogen-bond donors (Lipinski definition) is 0. The monoisotopic (exact) mass is 402 g/mol. The van der Waals surface area contributed by atoms with Crippen LogP contribution in [0.2, 0.25) is 14.8 Å². The summed E-state index contributed by atoms with van der Waals surface area (Å²) in [6.07, 6.45) is 0. The topological polar surface area (TPSA) is 34.0 Å². The third-order valence-electron chi connectivity index (χ3n) is 3.84. The Morgan fingerprint density at radius 3 is 2.09 bits per heavy atom. The molecule has 2 aromatic carbocycles. The standard InChI is InChI=1S/C14H13N4.3CH3.Sn/c1-17(2)11-7-9-12(10-8-11)18-15-13-5-3-4-6-14(13)16-18;;;;/h3,5-10H,1-2H3;3*1H3;. The molecule has 0 N–H and O–H groups in total. The second-order valence-corrected chi connectivity index (χ2v) is 21.3. The van der Waals surface area contributed by atoms with Crippen LogP contribution in [0.4, 0.5) is 5.69 Å².